The Balaban J connectivity index is 0.000000186. The molecule has 0 spiro atoms. The van der Waals surface area contributed by atoms with Crippen molar-refractivity contribution in [2.24, 2.45) is 0 Å². The smallest absolute Gasteiger partial charge is 0.272 e. The fraction of sp³-hybridized carbons (Fsp3) is 0.422. The third kappa shape index (κ3) is 9.17. The third-order valence-corrected chi connectivity index (χ3v) is 17.7. The van der Waals surface area contributed by atoms with Crippen molar-refractivity contribution in [2.75, 3.05) is 74.9 Å². The van der Waals surface area contributed by atoms with E-state index in [9.17, 15) is 46.2 Å². The molecule has 4 saturated heterocycles. The number of rotatable bonds is 14. The van der Waals surface area contributed by atoms with Crippen LogP contribution in [0.3, 0.4) is 0 Å². The van der Waals surface area contributed by atoms with Crippen LogP contribution in [-0.2, 0) is 20.0 Å². The van der Waals surface area contributed by atoms with Crippen LogP contribution in [-0.4, -0.2) is 117 Å². The number of benzene rings is 3. The zero-order valence-corrected chi connectivity index (χ0v) is 39.9. The van der Waals surface area contributed by atoms with Gasteiger partial charge in [0.05, 0.1) is 34.1 Å². The highest BCUT2D eigenvalue weighted by molar-refractivity contribution is 7.89. The molecule has 0 bridgehead atoms. The van der Waals surface area contributed by atoms with Gasteiger partial charge in [-0.3, -0.25) is 29.0 Å². The number of hydrogen-bond acceptors (Lipinski definition) is 16. The molecule has 18 nitrogen and oxygen atoms in total. The number of phenols is 2. The van der Waals surface area contributed by atoms with Crippen LogP contribution in [0.5, 0.6) is 17.2 Å². The van der Waals surface area contributed by atoms with Gasteiger partial charge in [-0.1, -0.05) is 60.5 Å². The van der Waals surface area contributed by atoms with Gasteiger partial charge >= 0.3 is 0 Å². The van der Waals surface area contributed by atoms with E-state index in [4.69, 9.17) is 27.9 Å². The number of aromatic hydroxyl groups is 2. The van der Waals surface area contributed by atoms with Gasteiger partial charge < -0.3 is 30.9 Å². The zero-order chi connectivity index (χ0) is 47.9. The molecule has 358 valence electrons. The monoisotopic (exact) mass is 999 g/mol. The molecule has 67 heavy (non-hydrogen) atoms. The predicted octanol–water partition coefficient (Wildman–Crippen LogP) is 4.67. The predicted molar refractivity (Wildman–Crippen MR) is 256 cm³/mol. The number of nitrogens with zero attached hydrogens (tertiary/aromatic N) is 4. The van der Waals surface area contributed by atoms with Gasteiger partial charge in [-0.15, -0.1) is 0 Å². The van der Waals surface area contributed by atoms with Gasteiger partial charge in [0.15, 0.2) is 17.2 Å². The molecule has 0 aliphatic carbocycles. The Morgan fingerprint density at radius 1 is 0.642 bits per heavy atom. The molecule has 4 aliphatic rings. The molecular weight excluding hydrogens is 950 g/mol. The molecule has 5 aromatic carbocycles. The second-order valence-electron chi connectivity index (χ2n) is 16.9. The molecule has 3 atom stereocenters. The molecule has 2 unspecified atom stereocenters. The summed E-state index contributed by atoms with van der Waals surface area (Å²) in [6.45, 7) is 8.25. The van der Waals surface area contributed by atoms with Gasteiger partial charge in [-0.05, 0) is 81.9 Å². The first-order chi connectivity index (χ1) is 32.0. The second kappa shape index (κ2) is 19.5. The first-order valence-corrected chi connectivity index (χ1v) is 25.8. The number of anilines is 5. The topological polar surface area (TPSA) is 235 Å². The number of halogens is 2. The summed E-state index contributed by atoms with van der Waals surface area (Å²) in [6.07, 6.45) is 4.58. The van der Waals surface area contributed by atoms with E-state index in [2.05, 4.69) is 25.8 Å². The highest BCUT2D eigenvalue weighted by Crippen LogP contribution is 2.43. The molecule has 5 N–H and O–H groups in total. The number of hydrogen-bond donors (Lipinski definition) is 5. The molecule has 4 aliphatic heterocycles. The lowest BCUT2D eigenvalue weighted by Crippen LogP contribution is -2.51. The van der Waals surface area contributed by atoms with Crippen molar-refractivity contribution < 1.29 is 31.8 Å². The summed E-state index contributed by atoms with van der Waals surface area (Å²) >= 11 is 12.5. The molecule has 0 radical (unpaired) electrons. The van der Waals surface area contributed by atoms with E-state index in [1.165, 1.54) is 32.9 Å². The van der Waals surface area contributed by atoms with Gasteiger partial charge in [-0.2, -0.15) is 8.61 Å². The maximum atomic E-state index is 13.6. The van der Waals surface area contributed by atoms with Crippen LogP contribution >= 0.6 is 23.2 Å². The highest BCUT2D eigenvalue weighted by Gasteiger charge is 2.41. The largest absolute Gasteiger partial charge is 0.504 e. The summed E-state index contributed by atoms with van der Waals surface area (Å²) in [4.78, 5) is 52.1. The van der Waals surface area contributed by atoms with Crippen molar-refractivity contribution in [3.63, 3.8) is 0 Å². The minimum Gasteiger partial charge on any atom is -0.504 e. The lowest BCUT2D eigenvalue weighted by Gasteiger charge is -2.36. The molecular formula is C45H51Cl2N7O11S2. The zero-order valence-electron chi connectivity index (χ0n) is 36.8. The van der Waals surface area contributed by atoms with Crippen LogP contribution in [0.4, 0.5) is 28.4 Å². The van der Waals surface area contributed by atoms with E-state index >= 15 is 0 Å². The summed E-state index contributed by atoms with van der Waals surface area (Å²) in [5.74, 6) is -1.33. The molecule has 0 aromatic heterocycles. The summed E-state index contributed by atoms with van der Waals surface area (Å²) in [5, 5.41) is 30.1. The van der Waals surface area contributed by atoms with Gasteiger partial charge in [-0.25, -0.2) is 16.8 Å². The Labute approximate surface area is 397 Å². The SMILES string of the molecule is CCOc1c(Nc2ccc(Cl)c(S(=O)(=O)N3CCN4CCCC4C3)c2O)c(=O)c1=O.CC[C@@H](Nc1c(Nc2ccc(Cl)c(S(=O)(=O)N3CCN4CCCC4C3)c2O)c(=O)c1=O)c1ccccc1. The van der Waals surface area contributed by atoms with Crippen LogP contribution in [0, 0.1) is 0 Å². The van der Waals surface area contributed by atoms with E-state index in [1.54, 1.807) is 6.92 Å². The number of nitrogens with one attached hydrogen (secondary N) is 3. The van der Waals surface area contributed by atoms with Gasteiger partial charge in [0, 0.05) is 51.4 Å². The van der Waals surface area contributed by atoms with Gasteiger partial charge in [0.1, 0.15) is 26.9 Å². The number of fused-ring (bicyclic) bond motifs is 2. The summed E-state index contributed by atoms with van der Waals surface area (Å²) in [6, 6.07) is 15.0. The normalized spacial score (nSPS) is 19.9. The minimum atomic E-state index is -4.10. The van der Waals surface area contributed by atoms with Crippen molar-refractivity contribution in [1.82, 2.24) is 18.4 Å². The van der Waals surface area contributed by atoms with Crippen molar-refractivity contribution >= 4 is 71.7 Å². The number of piperazine rings is 2. The summed E-state index contributed by atoms with van der Waals surface area (Å²) in [7, 11) is -8.18. The first-order valence-electron chi connectivity index (χ1n) is 22.1. The van der Waals surface area contributed by atoms with E-state index < -0.39 is 63.1 Å². The molecule has 22 heteroatoms. The fourth-order valence-electron chi connectivity index (χ4n) is 9.37. The third-order valence-electron chi connectivity index (χ3n) is 13.0. The van der Waals surface area contributed by atoms with Crippen molar-refractivity contribution in [3.05, 3.63) is 111 Å². The average Bonchev–Trinajstić information content (AvgIpc) is 4.01. The summed E-state index contributed by atoms with van der Waals surface area (Å²) in [5.41, 5.74) is -2.16. The second-order valence-corrected chi connectivity index (χ2v) is 21.5. The molecule has 0 saturated carbocycles. The number of sulfonamides is 2. The Kier molecular flexibility index (Phi) is 14.1. The van der Waals surface area contributed by atoms with Crippen LogP contribution in [0.2, 0.25) is 10.0 Å². The van der Waals surface area contributed by atoms with Crippen LogP contribution in [0.25, 0.3) is 0 Å². The maximum Gasteiger partial charge on any atom is 0.272 e. The highest BCUT2D eigenvalue weighted by atomic mass is 35.5. The molecule has 4 fully saturated rings. The Morgan fingerprint density at radius 3 is 1.61 bits per heavy atom. The van der Waals surface area contributed by atoms with Crippen molar-refractivity contribution in [2.45, 2.75) is 73.9 Å². The summed E-state index contributed by atoms with van der Waals surface area (Å²) < 4.78 is 61.6. The quantitative estimate of drug-likeness (QED) is 0.0751. The molecule has 0 amide bonds. The van der Waals surface area contributed by atoms with Crippen molar-refractivity contribution in [1.29, 1.82) is 0 Å². The Bertz CT molecular complexity index is 3050. The van der Waals surface area contributed by atoms with Crippen LogP contribution in [0.15, 0.2) is 83.6 Å². The molecule has 5 aromatic rings. The maximum absolute atomic E-state index is 13.6. The number of ether oxygens (including phenoxy) is 1. The Morgan fingerprint density at radius 2 is 1.12 bits per heavy atom. The fourth-order valence-corrected chi connectivity index (χ4v) is 13.5. The lowest BCUT2D eigenvalue weighted by atomic mass is 10.0. The van der Waals surface area contributed by atoms with E-state index in [0.717, 1.165) is 44.3 Å². The minimum absolute atomic E-state index is 0.0228. The standard InChI is InChI=1S/C26H29ClN4O5S.C19H22ClN3O6S/c1-2-19(16-7-4-3-5-8-16)28-21-22(25(34)24(21)33)29-20-11-10-18(27)26(23(20)32)37(35,36)31-14-13-30-12-6-9-17(30)15-31;1-2-29-18-14(16(25)17(18)26)21-13-6-5-12(20)19(15(13)24)30(27,28)23-9-8-22-7-3-4-11(22)10-23/h3-5,7-8,10-11,17,19,28-29,32H,2,6,9,12-15H2,1H3;5-6,11,21,24H,2-4,7-10H2,1H3/t17?,19-;/m1./s1. The van der Waals surface area contributed by atoms with Gasteiger partial charge in [0.2, 0.25) is 20.0 Å². The van der Waals surface area contributed by atoms with E-state index in [0.29, 0.717) is 45.7 Å². The average molecular weight is 1000 g/mol. The Hall–Kier alpha value is -5.06. The first kappa shape index (κ1) is 48.4. The van der Waals surface area contributed by atoms with Crippen LogP contribution < -0.4 is 42.4 Å². The number of phenolic OH excluding ortho intramolecular Hbond substituents is 2. The van der Waals surface area contributed by atoms with E-state index in [1.807, 2.05) is 37.3 Å². The van der Waals surface area contributed by atoms with Crippen molar-refractivity contribution in [3.8, 4) is 17.2 Å². The van der Waals surface area contributed by atoms with Crippen LogP contribution in [0.1, 0.15) is 57.6 Å². The lowest BCUT2D eigenvalue weighted by molar-refractivity contribution is 0.158. The van der Waals surface area contributed by atoms with Gasteiger partial charge in [0.25, 0.3) is 21.7 Å². The molecule has 4 heterocycles. The van der Waals surface area contributed by atoms with E-state index in [-0.39, 0.29) is 69.0 Å². The molecule has 9 rings (SSSR count).